The molecule has 3 rings (SSSR count). The molecule has 10 heteroatoms. The van der Waals surface area contributed by atoms with Crippen LogP contribution in [0.15, 0.2) is 9.70 Å². The van der Waals surface area contributed by atoms with Crippen LogP contribution in [0.4, 0.5) is 5.82 Å². The van der Waals surface area contributed by atoms with Crippen molar-refractivity contribution in [3.05, 3.63) is 31.9 Å². The smallest absolute Gasteiger partial charge is 0.303 e. The molecule has 1 amide bonds. The van der Waals surface area contributed by atoms with Gasteiger partial charge in [0, 0.05) is 38.2 Å². The Hall–Kier alpha value is -2.64. The fraction of sp³-hybridized carbons (Fsp3) is 0.577. The molecule has 8 nitrogen and oxygen atoms in total. The van der Waals surface area contributed by atoms with Gasteiger partial charge in [-0.2, -0.15) is 5.26 Å². The maximum absolute atomic E-state index is 13.3. The van der Waals surface area contributed by atoms with Gasteiger partial charge in [-0.05, 0) is 56.6 Å². The number of aromatic nitrogens is 1. The van der Waals surface area contributed by atoms with Crippen LogP contribution in [-0.4, -0.2) is 50.4 Å². The van der Waals surface area contributed by atoms with E-state index in [-0.39, 0.29) is 23.5 Å². The summed E-state index contributed by atoms with van der Waals surface area (Å²) in [6.45, 7) is 8.57. The van der Waals surface area contributed by atoms with Crippen molar-refractivity contribution in [2.75, 3.05) is 24.5 Å². The third-order valence-electron chi connectivity index (χ3n) is 6.80. The van der Waals surface area contributed by atoms with Crippen LogP contribution < -0.4 is 10.5 Å². The molecule has 2 saturated heterocycles. The molecule has 1 N–H and O–H groups in total. The zero-order valence-corrected chi connectivity index (χ0v) is 22.8. The van der Waals surface area contributed by atoms with E-state index >= 15 is 0 Å². The fourth-order valence-corrected chi connectivity index (χ4v) is 5.97. The molecule has 2 aliphatic rings. The second kappa shape index (κ2) is 12.5. The van der Waals surface area contributed by atoms with E-state index in [0.29, 0.717) is 53.1 Å². The minimum Gasteiger partial charge on any atom is -0.481 e. The maximum Gasteiger partial charge on any atom is 0.303 e. The molecule has 2 aliphatic heterocycles. The number of carbonyl (C=O) groups excluding carboxylic acids is 1. The Morgan fingerprint density at radius 2 is 1.92 bits per heavy atom. The Kier molecular flexibility index (Phi) is 9.74. The number of thiocarbonyl (C=S) groups is 1. The number of unbranched alkanes of at least 4 members (excludes halogenated alkanes) is 2. The number of amides is 1. The van der Waals surface area contributed by atoms with Crippen molar-refractivity contribution in [3.8, 4) is 6.07 Å². The monoisotopic (exact) mass is 530 g/mol. The summed E-state index contributed by atoms with van der Waals surface area (Å²) < 4.78 is 2.18. The molecule has 0 spiro atoms. The van der Waals surface area contributed by atoms with Gasteiger partial charge in [-0.1, -0.05) is 44.2 Å². The van der Waals surface area contributed by atoms with Crippen LogP contribution in [0.25, 0.3) is 6.08 Å². The molecule has 0 aliphatic carbocycles. The number of nitriles is 1. The number of hydrogen-bond acceptors (Lipinski definition) is 7. The normalized spacial score (nSPS) is 17.8. The summed E-state index contributed by atoms with van der Waals surface area (Å²) >= 11 is 6.72. The number of carbonyl (C=O) groups is 2. The van der Waals surface area contributed by atoms with Crippen LogP contribution in [0, 0.1) is 24.2 Å². The van der Waals surface area contributed by atoms with Crippen LogP contribution in [0.3, 0.4) is 0 Å². The van der Waals surface area contributed by atoms with E-state index in [4.69, 9.17) is 17.3 Å². The molecule has 3 heterocycles. The lowest BCUT2D eigenvalue weighted by atomic mass is 9.97. The Balaban J connectivity index is 1.99. The maximum atomic E-state index is 13.3. The lowest BCUT2D eigenvalue weighted by Crippen LogP contribution is -2.39. The second-order valence-corrected chi connectivity index (χ2v) is 11.2. The van der Waals surface area contributed by atoms with Crippen LogP contribution in [0.5, 0.6) is 0 Å². The van der Waals surface area contributed by atoms with Gasteiger partial charge in [0.05, 0.1) is 4.91 Å². The van der Waals surface area contributed by atoms with Crippen molar-refractivity contribution < 1.29 is 14.7 Å². The number of piperidine rings is 1. The molecule has 0 radical (unpaired) electrons. The minimum atomic E-state index is -0.820. The first-order chi connectivity index (χ1) is 17.2. The Labute approximate surface area is 221 Å². The Bertz CT molecular complexity index is 1160. The fourth-order valence-electron chi connectivity index (χ4n) is 4.68. The third-order valence-corrected chi connectivity index (χ3v) is 8.18. The Morgan fingerprint density at radius 3 is 2.53 bits per heavy atom. The summed E-state index contributed by atoms with van der Waals surface area (Å²) in [5, 5.41) is 18.6. The summed E-state index contributed by atoms with van der Waals surface area (Å²) in [6, 6.07) is 2.09. The van der Waals surface area contributed by atoms with E-state index in [9.17, 15) is 19.6 Å². The highest BCUT2D eigenvalue weighted by Gasteiger charge is 2.33. The number of thioether (sulfide) groups is 1. The first-order valence-corrected chi connectivity index (χ1v) is 13.8. The number of carboxylic acids is 1. The Morgan fingerprint density at radius 1 is 1.22 bits per heavy atom. The van der Waals surface area contributed by atoms with Gasteiger partial charge in [0.25, 0.3) is 11.5 Å². The first kappa shape index (κ1) is 27.9. The van der Waals surface area contributed by atoms with Gasteiger partial charge in [0.1, 0.15) is 21.8 Å². The van der Waals surface area contributed by atoms with Crippen LogP contribution in [-0.2, 0) is 16.1 Å². The van der Waals surface area contributed by atoms with Crippen molar-refractivity contribution in [1.29, 1.82) is 5.26 Å². The molecule has 2 fully saturated rings. The van der Waals surface area contributed by atoms with Crippen LogP contribution in [0.1, 0.15) is 75.5 Å². The molecule has 0 unspecified atom stereocenters. The number of nitrogens with zero attached hydrogens (tertiary/aromatic N) is 4. The molecular weight excluding hydrogens is 496 g/mol. The van der Waals surface area contributed by atoms with Gasteiger partial charge in [0.2, 0.25) is 0 Å². The highest BCUT2D eigenvalue weighted by molar-refractivity contribution is 8.26. The number of hydrogen-bond donors (Lipinski definition) is 1. The molecule has 0 aromatic carbocycles. The molecular formula is C26H34N4O4S2. The van der Waals surface area contributed by atoms with Crippen LogP contribution in [0.2, 0.25) is 0 Å². The molecule has 0 bridgehead atoms. The minimum absolute atomic E-state index is 0.109. The highest BCUT2D eigenvalue weighted by atomic mass is 32.2. The number of anilines is 1. The molecule has 194 valence electrons. The summed E-state index contributed by atoms with van der Waals surface area (Å²) in [7, 11) is 0. The predicted octanol–water partition coefficient (Wildman–Crippen LogP) is 4.52. The molecule has 1 aromatic rings. The van der Waals surface area contributed by atoms with Gasteiger partial charge in [-0.15, -0.1) is 0 Å². The zero-order valence-electron chi connectivity index (χ0n) is 21.2. The standard InChI is InChI=1S/C26H34N4O4S2/c1-4-11-29-23(28-13-9-17(2)10-14-28)19(18(3)20(16-27)24(29)33)15-21-25(34)30(26(35)36-21)12-7-5-6-8-22(31)32/h15,17H,4-14H2,1-3H3,(H,31,32)/b21-15+. The summed E-state index contributed by atoms with van der Waals surface area (Å²) in [6.07, 6.45) is 6.63. The third kappa shape index (κ3) is 6.19. The number of rotatable bonds is 10. The SMILES string of the molecule is CCCn1c(N2CCC(C)CC2)c(/C=C2/SC(=S)N(CCCCCC(=O)O)C2=O)c(C)c(C#N)c1=O. The van der Waals surface area contributed by atoms with Crippen molar-refractivity contribution >= 4 is 52.1 Å². The molecule has 36 heavy (non-hydrogen) atoms. The second-order valence-electron chi connectivity index (χ2n) is 9.51. The lowest BCUT2D eigenvalue weighted by Gasteiger charge is -2.35. The molecule has 1 aromatic heterocycles. The number of carboxylic acid groups (broad SMARTS) is 1. The van der Waals surface area contributed by atoms with E-state index in [0.717, 1.165) is 43.7 Å². The van der Waals surface area contributed by atoms with E-state index in [1.807, 2.05) is 6.92 Å². The van der Waals surface area contributed by atoms with Gasteiger partial charge in [-0.25, -0.2) is 0 Å². The number of aliphatic carboxylic acids is 1. The summed E-state index contributed by atoms with van der Waals surface area (Å²) in [4.78, 5) is 41.5. The van der Waals surface area contributed by atoms with E-state index in [2.05, 4.69) is 17.9 Å². The first-order valence-electron chi connectivity index (χ1n) is 12.6. The highest BCUT2D eigenvalue weighted by Crippen LogP contribution is 2.37. The largest absolute Gasteiger partial charge is 0.481 e. The molecule has 0 saturated carbocycles. The van der Waals surface area contributed by atoms with Gasteiger partial charge < -0.3 is 10.0 Å². The topological polar surface area (TPSA) is 107 Å². The van der Waals surface area contributed by atoms with Gasteiger partial charge >= 0.3 is 5.97 Å². The van der Waals surface area contributed by atoms with Crippen molar-refractivity contribution in [1.82, 2.24) is 9.47 Å². The number of pyridine rings is 1. The quantitative estimate of drug-likeness (QED) is 0.267. The predicted molar refractivity (Wildman–Crippen MR) is 147 cm³/mol. The van der Waals surface area contributed by atoms with Crippen molar-refractivity contribution in [2.24, 2.45) is 5.92 Å². The average molecular weight is 531 g/mol. The van der Waals surface area contributed by atoms with Crippen LogP contribution >= 0.6 is 24.0 Å². The van der Waals surface area contributed by atoms with Gasteiger partial charge in [-0.3, -0.25) is 23.9 Å². The van der Waals surface area contributed by atoms with E-state index in [1.54, 1.807) is 22.5 Å². The lowest BCUT2D eigenvalue weighted by molar-refractivity contribution is -0.137. The van der Waals surface area contributed by atoms with Crippen molar-refractivity contribution in [3.63, 3.8) is 0 Å². The van der Waals surface area contributed by atoms with Crippen molar-refractivity contribution in [2.45, 2.75) is 72.3 Å². The van der Waals surface area contributed by atoms with Gasteiger partial charge in [0.15, 0.2) is 0 Å². The summed E-state index contributed by atoms with van der Waals surface area (Å²) in [5.41, 5.74) is 1.15. The van der Waals surface area contributed by atoms with E-state index < -0.39 is 5.97 Å². The van der Waals surface area contributed by atoms with E-state index in [1.165, 1.54) is 11.8 Å². The average Bonchev–Trinajstić information content (AvgIpc) is 3.10. The molecule has 0 atom stereocenters. The zero-order chi connectivity index (χ0) is 26.4. The summed E-state index contributed by atoms with van der Waals surface area (Å²) in [5.74, 6) is 0.387.